The maximum Gasteiger partial charge on any atom is 0.314 e. The second kappa shape index (κ2) is 26.8. The topological polar surface area (TPSA) is 166 Å². The van der Waals surface area contributed by atoms with Gasteiger partial charge in [-0.15, -0.1) is 0 Å². The van der Waals surface area contributed by atoms with Gasteiger partial charge >= 0.3 is 146 Å². The molecule has 0 aliphatic carbocycles. The molecule has 0 unspecified atom stereocenters. The molecule has 0 aliphatic heterocycles. The highest BCUT2D eigenvalue weighted by Crippen LogP contribution is 2.34. The Kier molecular flexibility index (Phi) is 28.0. The second-order valence-electron chi connectivity index (χ2n) is 28.8. The average molecular weight is 1410 g/mol. The van der Waals surface area contributed by atoms with Crippen LogP contribution in [0.2, 0.25) is 255 Å². The maximum absolute atomic E-state index is 6.93. The van der Waals surface area contributed by atoms with Gasteiger partial charge in [0.05, 0.1) is 0 Å². The first kappa shape index (κ1) is 79.4. The Morgan fingerprint density at radius 3 is 0.329 bits per heavy atom. The number of hydrogen-bond acceptors (Lipinski definition) is 18. The summed E-state index contributed by atoms with van der Waals surface area (Å²) >= 11 is 0. The van der Waals surface area contributed by atoms with Crippen molar-refractivity contribution in [3.8, 4) is 0 Å². The van der Waals surface area contributed by atoms with Crippen molar-refractivity contribution in [1.82, 2.24) is 0 Å². The largest absolute Gasteiger partial charge is 0.440 e. The highest BCUT2D eigenvalue weighted by molar-refractivity contribution is 6.95. The van der Waals surface area contributed by atoms with Gasteiger partial charge in [0.2, 0.25) is 0 Å². The summed E-state index contributed by atoms with van der Waals surface area (Å²) in [7, 11) is -49.2. The molecule has 0 radical (unpaired) electrons. The lowest BCUT2D eigenvalue weighted by atomic mass is 11.8. The molecule has 0 fully saturated rings. The van der Waals surface area contributed by atoms with E-state index in [0.717, 1.165) is 0 Å². The first-order chi connectivity index (χ1) is 32.4. The van der Waals surface area contributed by atoms with Gasteiger partial charge in [0.25, 0.3) is 0 Å². The Balaban J connectivity index is 5.79. The van der Waals surface area contributed by atoms with E-state index in [1.54, 1.807) is 0 Å². The van der Waals surface area contributed by atoms with E-state index in [1.807, 2.05) is 0 Å². The van der Waals surface area contributed by atoms with E-state index in [-0.39, 0.29) is 0 Å². The molecule has 76 heavy (non-hydrogen) atoms. The summed E-state index contributed by atoms with van der Waals surface area (Å²) in [5, 5.41) is 0. The van der Waals surface area contributed by atoms with Crippen LogP contribution in [0.5, 0.6) is 0 Å². The van der Waals surface area contributed by atoms with Crippen LogP contribution < -0.4 is 0 Å². The van der Waals surface area contributed by atoms with E-state index < -0.39 is 163 Å². The molecule has 37 heteroatoms. The summed E-state index contributed by atoms with van der Waals surface area (Å²) in [6, 6.07) is 0. The van der Waals surface area contributed by atoms with Crippen LogP contribution in [0.25, 0.3) is 0 Å². The summed E-state index contributed by atoms with van der Waals surface area (Å²) in [4.78, 5) is 0. The predicted molar refractivity (Wildman–Crippen MR) is 359 cm³/mol. The Morgan fingerprint density at radius 1 is 0.145 bits per heavy atom. The molecule has 18 nitrogen and oxygen atoms in total. The molecule has 0 saturated heterocycles. The summed E-state index contributed by atoms with van der Waals surface area (Å²) in [5.41, 5.74) is 0. The SMILES string of the molecule is C[SiH](C)O[Si](C)(C)O[Si](C)(C)O[Si](C)(C)O[Si](C)(C)O[Si](C)(C)O[Si](C)(C)O[Si](C)(C)O[Si](C)(C)O[Si](C)(C)O[Si](C)(C)O[Si](C)(C)O[Si](C)(C)O[Si](C)(C)O[Si](C)(C)O[Si](C)(C)O[Si](C)(C)O[Si](C)(C)O[Si](C)(C)C. The molecular weight excluding hydrogens is 1290 g/mol. The van der Waals surface area contributed by atoms with Crippen molar-refractivity contribution < 1.29 is 74.1 Å². The fraction of sp³-hybridized carbons (Fsp3) is 1.00. The minimum Gasteiger partial charge on any atom is -0.440 e. The van der Waals surface area contributed by atoms with Crippen molar-refractivity contribution in [2.24, 2.45) is 0 Å². The molecule has 0 aromatic heterocycles. The molecule has 0 N–H and O–H groups in total. The predicted octanol–water partition coefficient (Wildman–Crippen LogP) is 14.0. The molecule has 0 amide bonds. The summed E-state index contributed by atoms with van der Waals surface area (Å²) in [6.45, 7) is 81.3. The van der Waals surface area contributed by atoms with Crippen LogP contribution in [-0.4, -0.2) is 163 Å². The zero-order valence-corrected chi connectivity index (χ0v) is 75.1. The van der Waals surface area contributed by atoms with Crippen LogP contribution in [0, 0.1) is 0 Å². The van der Waals surface area contributed by atoms with E-state index in [4.69, 9.17) is 74.1 Å². The van der Waals surface area contributed by atoms with Crippen molar-refractivity contribution in [2.75, 3.05) is 0 Å². The molecule has 0 aromatic rings. The lowest BCUT2D eigenvalue weighted by Crippen LogP contribution is -2.63. The summed E-state index contributed by atoms with van der Waals surface area (Å²) < 4.78 is 122. The van der Waals surface area contributed by atoms with Gasteiger partial charge in [0.1, 0.15) is 0 Å². The lowest BCUT2D eigenvalue weighted by Gasteiger charge is -2.45. The van der Waals surface area contributed by atoms with Crippen molar-refractivity contribution in [2.45, 2.75) is 255 Å². The molecule has 0 rings (SSSR count). The van der Waals surface area contributed by atoms with Gasteiger partial charge in [-0.2, -0.15) is 0 Å². The third-order valence-corrected chi connectivity index (χ3v) is 80.4. The van der Waals surface area contributed by atoms with Crippen LogP contribution >= 0.6 is 0 Å². The van der Waals surface area contributed by atoms with Gasteiger partial charge in [-0.25, -0.2) is 0 Å². The highest BCUT2D eigenvalue weighted by atomic mass is 28.5. The fourth-order valence-corrected chi connectivity index (χ4v) is 107. The second-order valence-corrected chi connectivity index (χ2v) is 97.6. The third kappa shape index (κ3) is 37.1. The van der Waals surface area contributed by atoms with Crippen molar-refractivity contribution in [3.05, 3.63) is 0 Å². The minimum absolute atomic E-state index is 1.26. The van der Waals surface area contributed by atoms with Gasteiger partial charge in [-0.05, 0) is 255 Å². The van der Waals surface area contributed by atoms with Crippen molar-refractivity contribution in [1.29, 1.82) is 0 Å². The van der Waals surface area contributed by atoms with Crippen LogP contribution in [-0.2, 0) is 74.1 Å². The first-order valence-corrected chi connectivity index (χ1v) is 81.1. The fourth-order valence-electron chi connectivity index (χ4n) is 11.1. The van der Waals surface area contributed by atoms with Crippen LogP contribution in [0.15, 0.2) is 0 Å². The average Bonchev–Trinajstić information content (AvgIpc) is 2.87. The molecule has 0 heterocycles. The molecule has 0 atom stereocenters. The summed E-state index contributed by atoms with van der Waals surface area (Å²) in [5.74, 6) is 0. The smallest absolute Gasteiger partial charge is 0.314 e. The zero-order valence-electron chi connectivity index (χ0n) is 55.9. The quantitative estimate of drug-likeness (QED) is 0.0543. The van der Waals surface area contributed by atoms with E-state index in [0.29, 0.717) is 0 Å². The highest BCUT2D eigenvalue weighted by Gasteiger charge is 2.54. The Hall–Kier alpha value is 3.40. The minimum atomic E-state index is -2.84. The molecule has 0 spiro atoms. The van der Waals surface area contributed by atoms with Crippen molar-refractivity contribution in [3.63, 3.8) is 0 Å². The number of rotatable bonds is 36. The van der Waals surface area contributed by atoms with Crippen LogP contribution in [0.4, 0.5) is 0 Å². The Bertz CT molecular complexity index is 1840. The zero-order chi connectivity index (χ0) is 61.3. The van der Waals surface area contributed by atoms with E-state index in [9.17, 15) is 0 Å². The van der Waals surface area contributed by atoms with Crippen LogP contribution in [0.1, 0.15) is 0 Å². The standard InChI is InChI=1S/C39H118O18Si19/c1-58(2)40-60(6,7)42-62(10,11)44-64(14,15)46-66(18,19)48-68(22,23)50-70(26,27)52-72(30,31)54-74(34,35)56-76(38,39)57-75(36,37)55-73(32,33)53-71(28,29)51-69(24,25)49-67(20,21)47-65(16,17)45-63(12,13)43-61(8,9)41-59(3,4)5/h58H,1-39H3. The van der Waals surface area contributed by atoms with E-state index in [1.165, 1.54) is 0 Å². The van der Waals surface area contributed by atoms with Gasteiger partial charge in [-0.1, -0.05) is 0 Å². The molecule has 0 saturated carbocycles. The Morgan fingerprint density at radius 2 is 0.237 bits per heavy atom. The van der Waals surface area contributed by atoms with E-state index >= 15 is 0 Å². The van der Waals surface area contributed by atoms with Crippen LogP contribution in [0.3, 0.4) is 0 Å². The monoisotopic (exact) mass is 1410 g/mol. The van der Waals surface area contributed by atoms with Gasteiger partial charge < -0.3 is 74.1 Å². The van der Waals surface area contributed by atoms with E-state index in [2.05, 4.69) is 255 Å². The molecule has 0 bridgehead atoms. The van der Waals surface area contributed by atoms with Crippen molar-refractivity contribution >= 4 is 163 Å². The van der Waals surface area contributed by atoms with Gasteiger partial charge in [-0.3, -0.25) is 0 Å². The Labute approximate surface area is 488 Å². The maximum atomic E-state index is 6.93. The first-order valence-electron chi connectivity index (χ1n) is 27.0. The molecule has 0 aliphatic rings. The molecule has 458 valence electrons. The third-order valence-electron chi connectivity index (χ3n) is 8.94. The normalized spacial score (nSPS) is 16.1. The van der Waals surface area contributed by atoms with Gasteiger partial charge in [0, 0.05) is 0 Å². The summed E-state index contributed by atoms with van der Waals surface area (Å²) in [6.07, 6.45) is 0. The number of hydrogen-bond donors (Lipinski definition) is 0. The molecule has 0 aromatic carbocycles. The molecular formula is C39H118O18Si19. The van der Waals surface area contributed by atoms with Gasteiger partial charge in [0.15, 0.2) is 17.4 Å². The lowest BCUT2D eigenvalue weighted by molar-refractivity contribution is 0.250.